The van der Waals surface area contributed by atoms with E-state index < -0.39 is 12.1 Å². The van der Waals surface area contributed by atoms with Crippen molar-refractivity contribution in [3.05, 3.63) is 89.5 Å². The Kier molecular flexibility index (Phi) is 7.53. The molecule has 5 rings (SSSR count). The van der Waals surface area contributed by atoms with Crippen LogP contribution in [0.5, 0.6) is 5.75 Å². The van der Waals surface area contributed by atoms with E-state index in [1.165, 1.54) is 12.1 Å². The third kappa shape index (κ3) is 5.93. The molecule has 11 heteroatoms. The number of hydrogen-bond donors (Lipinski definition) is 1. The lowest BCUT2D eigenvalue weighted by atomic mass is 10.0. The third-order valence-electron chi connectivity index (χ3n) is 6.43. The summed E-state index contributed by atoms with van der Waals surface area (Å²) in [5, 5.41) is 7.12. The van der Waals surface area contributed by atoms with Gasteiger partial charge >= 0.3 is 12.1 Å². The van der Waals surface area contributed by atoms with Crippen LogP contribution >= 0.6 is 0 Å². The molecule has 0 unspecified atom stereocenters. The molecule has 7 nitrogen and oxygen atoms in total. The van der Waals surface area contributed by atoms with Gasteiger partial charge in [-0.15, -0.1) is 0 Å². The largest absolute Gasteiger partial charge is 0.497 e. The summed E-state index contributed by atoms with van der Waals surface area (Å²) in [6.07, 6.45) is -3.07. The highest BCUT2D eigenvalue weighted by Gasteiger charge is 2.44. The van der Waals surface area contributed by atoms with Gasteiger partial charge in [0.15, 0.2) is 0 Å². The first-order valence-electron chi connectivity index (χ1n) is 11.4. The number of nitrogens with zero attached hydrogens (tertiary/aromatic N) is 3. The normalized spacial score (nSPS) is 19.1. The van der Waals surface area contributed by atoms with Crippen molar-refractivity contribution in [3.8, 4) is 5.75 Å². The summed E-state index contributed by atoms with van der Waals surface area (Å²) >= 11 is 0. The molecule has 196 valence electrons. The van der Waals surface area contributed by atoms with E-state index in [9.17, 15) is 22.4 Å². The molecule has 2 aliphatic heterocycles. The SMILES string of the molecule is COc1ccc(CN2C(=O)c3cccn3[C@H]3CN(Cc4ccc(F)cc4)C[C@H]32)cc1.O=C(O)C(F)(F)F. The molecule has 2 atom stereocenters. The molecule has 3 aromatic rings. The molecule has 3 heterocycles. The van der Waals surface area contributed by atoms with E-state index in [0.29, 0.717) is 6.54 Å². The molecule has 0 aliphatic carbocycles. The summed E-state index contributed by atoms with van der Waals surface area (Å²) in [5.41, 5.74) is 2.91. The summed E-state index contributed by atoms with van der Waals surface area (Å²) in [4.78, 5) is 26.5. The molecule has 1 fully saturated rings. The van der Waals surface area contributed by atoms with Crippen molar-refractivity contribution < 1.29 is 37.0 Å². The number of fused-ring (bicyclic) bond motifs is 3. The first-order chi connectivity index (χ1) is 17.6. The maximum atomic E-state index is 13.3. The number of carbonyl (C=O) groups excluding carboxylic acids is 1. The van der Waals surface area contributed by atoms with Gasteiger partial charge in [0.1, 0.15) is 17.3 Å². The maximum Gasteiger partial charge on any atom is 0.490 e. The van der Waals surface area contributed by atoms with E-state index in [4.69, 9.17) is 14.6 Å². The number of benzene rings is 2. The molecule has 37 heavy (non-hydrogen) atoms. The highest BCUT2D eigenvalue weighted by molar-refractivity contribution is 5.94. The number of hydrogen-bond acceptors (Lipinski definition) is 4. The van der Waals surface area contributed by atoms with Gasteiger partial charge in [-0.1, -0.05) is 24.3 Å². The lowest BCUT2D eigenvalue weighted by molar-refractivity contribution is -0.192. The molecule has 1 saturated heterocycles. The van der Waals surface area contributed by atoms with Gasteiger partial charge in [0.25, 0.3) is 5.91 Å². The van der Waals surface area contributed by atoms with Crippen molar-refractivity contribution in [1.29, 1.82) is 0 Å². The second-order valence-electron chi connectivity index (χ2n) is 8.84. The van der Waals surface area contributed by atoms with Gasteiger partial charge in [0.05, 0.1) is 19.2 Å². The van der Waals surface area contributed by atoms with Crippen LogP contribution in [0.3, 0.4) is 0 Å². The van der Waals surface area contributed by atoms with E-state index in [1.807, 2.05) is 59.6 Å². The molecule has 1 aromatic heterocycles. The van der Waals surface area contributed by atoms with Gasteiger partial charge in [0.2, 0.25) is 0 Å². The monoisotopic (exact) mass is 519 g/mol. The van der Waals surface area contributed by atoms with E-state index in [1.54, 1.807) is 7.11 Å². The van der Waals surface area contributed by atoms with Crippen molar-refractivity contribution in [2.45, 2.75) is 31.3 Å². The summed E-state index contributed by atoms with van der Waals surface area (Å²) in [6.45, 7) is 2.96. The Balaban J connectivity index is 0.000000405. The molecule has 0 saturated carbocycles. The van der Waals surface area contributed by atoms with Crippen LogP contribution in [0.4, 0.5) is 17.6 Å². The van der Waals surface area contributed by atoms with Crippen molar-refractivity contribution >= 4 is 11.9 Å². The smallest absolute Gasteiger partial charge is 0.490 e. The zero-order valence-electron chi connectivity index (χ0n) is 19.9. The predicted octanol–water partition coefficient (Wildman–Crippen LogP) is 4.35. The van der Waals surface area contributed by atoms with Crippen LogP contribution in [0.2, 0.25) is 0 Å². The van der Waals surface area contributed by atoms with Crippen LogP contribution in [0, 0.1) is 5.82 Å². The molecule has 1 amide bonds. The number of ether oxygens (including phenoxy) is 1. The van der Waals surface area contributed by atoms with Crippen molar-refractivity contribution in [2.24, 2.45) is 0 Å². The lowest BCUT2D eigenvalue weighted by Gasteiger charge is -2.38. The molecular weight excluding hydrogens is 494 g/mol. The van der Waals surface area contributed by atoms with Crippen LogP contribution in [-0.2, 0) is 17.9 Å². The molecular formula is C26H25F4N3O4. The Hall–Kier alpha value is -3.86. The number of halogens is 4. The summed E-state index contributed by atoms with van der Waals surface area (Å²) in [6, 6.07) is 18.7. The number of rotatable bonds is 5. The van der Waals surface area contributed by atoms with E-state index in [2.05, 4.69) is 9.47 Å². The fourth-order valence-electron chi connectivity index (χ4n) is 4.68. The number of methoxy groups -OCH3 is 1. The highest BCUT2D eigenvalue weighted by atomic mass is 19.4. The van der Waals surface area contributed by atoms with Crippen LogP contribution in [0.25, 0.3) is 0 Å². The number of amides is 1. The van der Waals surface area contributed by atoms with Crippen molar-refractivity contribution in [3.63, 3.8) is 0 Å². The number of aromatic nitrogens is 1. The van der Waals surface area contributed by atoms with Gasteiger partial charge < -0.3 is 19.3 Å². The molecule has 0 radical (unpaired) electrons. The van der Waals surface area contributed by atoms with E-state index in [-0.39, 0.29) is 23.8 Å². The zero-order chi connectivity index (χ0) is 26.7. The number of carbonyl (C=O) groups is 2. The Bertz CT molecular complexity index is 1240. The lowest BCUT2D eigenvalue weighted by Crippen LogP contribution is -2.49. The minimum absolute atomic E-state index is 0.0701. The number of likely N-dealkylation sites (tertiary alicyclic amines) is 1. The topological polar surface area (TPSA) is 75.0 Å². The summed E-state index contributed by atoms with van der Waals surface area (Å²) in [7, 11) is 1.65. The van der Waals surface area contributed by atoms with Gasteiger partial charge in [0, 0.05) is 32.4 Å². The predicted molar refractivity (Wildman–Crippen MR) is 125 cm³/mol. The first kappa shape index (κ1) is 26.2. The van der Waals surface area contributed by atoms with Gasteiger partial charge in [-0.25, -0.2) is 9.18 Å². The van der Waals surface area contributed by atoms with Crippen LogP contribution < -0.4 is 4.74 Å². The molecule has 1 N–H and O–H groups in total. The second kappa shape index (κ2) is 10.6. The minimum Gasteiger partial charge on any atom is -0.497 e. The molecule has 2 aliphatic rings. The Morgan fingerprint density at radius 3 is 2.14 bits per heavy atom. The Morgan fingerprint density at radius 1 is 0.973 bits per heavy atom. The zero-order valence-corrected chi connectivity index (χ0v) is 19.9. The first-order valence-corrected chi connectivity index (χ1v) is 11.4. The summed E-state index contributed by atoms with van der Waals surface area (Å²) in [5.74, 6) is -2.10. The van der Waals surface area contributed by atoms with Gasteiger partial charge in [-0.3, -0.25) is 9.69 Å². The number of aliphatic carboxylic acids is 1. The fraction of sp³-hybridized carbons (Fsp3) is 0.308. The maximum absolute atomic E-state index is 13.3. The fourth-order valence-corrected chi connectivity index (χ4v) is 4.68. The van der Waals surface area contributed by atoms with Crippen LogP contribution in [0.1, 0.15) is 27.7 Å². The van der Waals surface area contributed by atoms with Gasteiger partial charge in [-0.05, 0) is 47.5 Å². The number of carboxylic acid groups (broad SMARTS) is 1. The Morgan fingerprint density at radius 2 is 1.54 bits per heavy atom. The quantitative estimate of drug-likeness (QED) is 0.508. The van der Waals surface area contributed by atoms with Crippen LogP contribution in [-0.4, -0.2) is 63.8 Å². The number of carboxylic acids is 1. The highest BCUT2D eigenvalue weighted by Crippen LogP contribution is 2.35. The molecule has 0 spiro atoms. The minimum atomic E-state index is -5.08. The average molecular weight is 519 g/mol. The average Bonchev–Trinajstić information content (AvgIpc) is 3.51. The molecule has 2 aromatic carbocycles. The molecule has 0 bridgehead atoms. The standard InChI is InChI=1S/C24H24FN3O2.C2HF3O2/c1-30-20-10-6-18(7-11-20)14-28-23-16-26(13-17-4-8-19(25)9-5-17)15-22(23)27-12-2-3-21(27)24(28)29;3-2(4,5)1(6)7/h2-12,22-23H,13-16H2,1H3;(H,6,7)/t22-,23+;/m0./s1. The second-order valence-corrected chi connectivity index (χ2v) is 8.84. The Labute approximate surface area is 210 Å². The van der Waals surface area contributed by atoms with Gasteiger partial charge in [-0.2, -0.15) is 13.2 Å². The van der Waals surface area contributed by atoms with Crippen molar-refractivity contribution in [1.82, 2.24) is 14.4 Å². The van der Waals surface area contributed by atoms with Crippen molar-refractivity contribution in [2.75, 3.05) is 20.2 Å². The van der Waals surface area contributed by atoms with Crippen LogP contribution in [0.15, 0.2) is 66.9 Å². The van der Waals surface area contributed by atoms with E-state index >= 15 is 0 Å². The van der Waals surface area contributed by atoms with E-state index in [0.717, 1.165) is 42.2 Å². The number of alkyl halides is 3. The summed E-state index contributed by atoms with van der Waals surface area (Å²) < 4.78 is 52.4. The third-order valence-corrected chi connectivity index (χ3v) is 6.43.